The lowest BCUT2D eigenvalue weighted by Crippen LogP contribution is -2.52. The van der Waals surface area contributed by atoms with Gasteiger partial charge in [0.15, 0.2) is 0 Å². The summed E-state index contributed by atoms with van der Waals surface area (Å²) < 4.78 is 2.11. The average molecular weight is 344 g/mol. The van der Waals surface area contributed by atoms with Crippen LogP contribution in [0.1, 0.15) is 41.9 Å². The van der Waals surface area contributed by atoms with Gasteiger partial charge in [-0.2, -0.15) is 16.4 Å². The van der Waals surface area contributed by atoms with E-state index >= 15 is 0 Å². The lowest BCUT2D eigenvalue weighted by molar-refractivity contribution is -0.135. The fourth-order valence-corrected chi connectivity index (χ4v) is 4.71. The zero-order valence-electron chi connectivity index (χ0n) is 14.3. The molecule has 0 aromatic carbocycles. The fraction of sp³-hybridized carbons (Fsp3) is 0.556. The number of hydrogen-bond acceptors (Lipinski definition) is 4. The van der Waals surface area contributed by atoms with Crippen molar-refractivity contribution in [2.24, 2.45) is 0 Å². The molecule has 2 saturated heterocycles. The smallest absolute Gasteiger partial charge is 0.237 e. The van der Waals surface area contributed by atoms with E-state index in [1.54, 1.807) is 11.3 Å². The van der Waals surface area contributed by atoms with Crippen molar-refractivity contribution >= 4 is 17.2 Å². The number of aryl methyl sites for hydroxylation is 2. The van der Waals surface area contributed by atoms with Crippen LogP contribution in [0.15, 0.2) is 22.9 Å². The highest BCUT2D eigenvalue weighted by Crippen LogP contribution is 2.33. The third-order valence-corrected chi connectivity index (χ3v) is 5.89. The standard InChI is InChI=1S/C18H24N4OS/c1-13-8-14(2)22(19-13)16-9-20(10-16)11-18(23)21-6-3-4-17(21)15-5-7-24-12-15/h5,7-8,12,16-17H,3-4,6,9-11H2,1-2H3/t17-/m0/s1. The van der Waals surface area contributed by atoms with Gasteiger partial charge in [0.1, 0.15) is 0 Å². The highest BCUT2D eigenvalue weighted by atomic mass is 32.1. The molecule has 0 N–H and O–H groups in total. The molecule has 0 bridgehead atoms. The Morgan fingerprint density at radius 1 is 1.38 bits per heavy atom. The van der Waals surface area contributed by atoms with Crippen molar-refractivity contribution in [1.82, 2.24) is 19.6 Å². The van der Waals surface area contributed by atoms with Crippen LogP contribution in [0.2, 0.25) is 0 Å². The Bertz CT molecular complexity index is 717. The fourth-order valence-electron chi connectivity index (χ4n) is 4.00. The minimum atomic E-state index is 0.274. The first-order chi connectivity index (χ1) is 11.6. The Balaban J connectivity index is 1.34. The van der Waals surface area contributed by atoms with Gasteiger partial charge in [-0.1, -0.05) is 0 Å². The predicted octanol–water partition coefficient (Wildman–Crippen LogP) is 2.78. The molecule has 1 amide bonds. The Kier molecular flexibility index (Phi) is 4.18. The first-order valence-corrected chi connectivity index (χ1v) is 9.63. The van der Waals surface area contributed by atoms with Gasteiger partial charge in [-0.3, -0.25) is 14.4 Å². The highest BCUT2D eigenvalue weighted by molar-refractivity contribution is 7.07. The minimum absolute atomic E-state index is 0.274. The van der Waals surface area contributed by atoms with Crippen LogP contribution in [0.4, 0.5) is 0 Å². The summed E-state index contributed by atoms with van der Waals surface area (Å²) in [6.07, 6.45) is 2.21. The van der Waals surface area contributed by atoms with E-state index in [4.69, 9.17) is 0 Å². The Hall–Kier alpha value is -1.66. The summed E-state index contributed by atoms with van der Waals surface area (Å²) in [4.78, 5) is 17.1. The number of rotatable bonds is 4. The summed E-state index contributed by atoms with van der Waals surface area (Å²) in [5, 5.41) is 8.85. The van der Waals surface area contributed by atoms with Crippen LogP contribution in [0.3, 0.4) is 0 Å². The van der Waals surface area contributed by atoms with Gasteiger partial charge >= 0.3 is 0 Å². The van der Waals surface area contributed by atoms with Crippen molar-refractivity contribution in [3.63, 3.8) is 0 Å². The topological polar surface area (TPSA) is 41.4 Å². The van der Waals surface area contributed by atoms with E-state index in [0.717, 1.165) is 38.2 Å². The Labute approximate surface area is 146 Å². The van der Waals surface area contributed by atoms with Crippen molar-refractivity contribution in [1.29, 1.82) is 0 Å². The molecule has 2 aromatic heterocycles. The molecule has 128 valence electrons. The number of amides is 1. The number of hydrogen-bond donors (Lipinski definition) is 0. The third kappa shape index (κ3) is 2.89. The summed E-state index contributed by atoms with van der Waals surface area (Å²) >= 11 is 1.71. The van der Waals surface area contributed by atoms with Gasteiger partial charge in [-0.15, -0.1) is 0 Å². The van der Waals surface area contributed by atoms with Crippen molar-refractivity contribution in [3.05, 3.63) is 39.8 Å². The van der Waals surface area contributed by atoms with Crippen LogP contribution in [-0.4, -0.2) is 51.7 Å². The Morgan fingerprint density at radius 2 is 2.21 bits per heavy atom. The first kappa shape index (κ1) is 15.8. The normalized spacial score (nSPS) is 22.1. The second-order valence-electron chi connectivity index (χ2n) is 7.02. The van der Waals surface area contributed by atoms with Gasteiger partial charge in [0.05, 0.1) is 24.3 Å². The molecule has 4 heterocycles. The highest BCUT2D eigenvalue weighted by Gasteiger charge is 2.35. The van der Waals surface area contributed by atoms with Crippen molar-refractivity contribution in [2.45, 2.75) is 38.8 Å². The van der Waals surface area contributed by atoms with Gasteiger partial charge in [-0.05, 0) is 55.1 Å². The number of likely N-dealkylation sites (tertiary alicyclic amines) is 2. The summed E-state index contributed by atoms with van der Waals surface area (Å²) in [5.41, 5.74) is 3.58. The Morgan fingerprint density at radius 3 is 2.88 bits per heavy atom. The molecule has 0 saturated carbocycles. The first-order valence-electron chi connectivity index (χ1n) is 8.68. The molecule has 24 heavy (non-hydrogen) atoms. The quantitative estimate of drug-likeness (QED) is 0.856. The molecule has 2 aromatic rings. The number of aromatic nitrogens is 2. The van der Waals surface area contributed by atoms with Gasteiger partial charge in [0.25, 0.3) is 0 Å². The maximum Gasteiger partial charge on any atom is 0.237 e. The largest absolute Gasteiger partial charge is 0.335 e. The number of carbonyl (C=O) groups is 1. The average Bonchev–Trinajstić information content (AvgIpc) is 3.22. The number of nitrogens with zero attached hydrogens (tertiary/aromatic N) is 4. The lowest BCUT2D eigenvalue weighted by Gasteiger charge is -2.40. The van der Waals surface area contributed by atoms with E-state index in [9.17, 15) is 4.79 Å². The zero-order chi connectivity index (χ0) is 16.7. The number of carbonyl (C=O) groups excluding carboxylic acids is 1. The molecule has 4 rings (SSSR count). The van der Waals surface area contributed by atoms with E-state index in [1.165, 1.54) is 11.3 Å². The maximum atomic E-state index is 12.7. The summed E-state index contributed by atoms with van der Waals surface area (Å²) in [5.74, 6) is 0.274. The van der Waals surface area contributed by atoms with E-state index in [2.05, 4.69) is 49.4 Å². The van der Waals surface area contributed by atoms with Gasteiger partial charge < -0.3 is 4.90 Å². The molecular formula is C18H24N4OS. The van der Waals surface area contributed by atoms with Crippen LogP contribution in [0, 0.1) is 13.8 Å². The molecule has 0 unspecified atom stereocenters. The predicted molar refractivity (Wildman–Crippen MR) is 95.2 cm³/mol. The summed E-state index contributed by atoms with van der Waals surface area (Å²) in [6.45, 7) is 7.41. The second-order valence-corrected chi connectivity index (χ2v) is 7.80. The van der Waals surface area contributed by atoms with Crippen molar-refractivity contribution in [3.8, 4) is 0 Å². The van der Waals surface area contributed by atoms with Crippen LogP contribution < -0.4 is 0 Å². The number of thiophene rings is 1. The minimum Gasteiger partial charge on any atom is -0.335 e. The van der Waals surface area contributed by atoms with Gasteiger partial charge in [-0.25, -0.2) is 0 Å². The molecular weight excluding hydrogens is 320 g/mol. The molecule has 2 aliphatic heterocycles. The molecule has 5 nitrogen and oxygen atoms in total. The zero-order valence-corrected chi connectivity index (χ0v) is 15.1. The van der Waals surface area contributed by atoms with Crippen LogP contribution in [0.5, 0.6) is 0 Å². The summed E-state index contributed by atoms with van der Waals surface area (Å²) in [6, 6.07) is 4.97. The van der Waals surface area contributed by atoms with Crippen LogP contribution >= 0.6 is 11.3 Å². The molecule has 2 fully saturated rings. The van der Waals surface area contributed by atoms with Crippen LogP contribution in [0.25, 0.3) is 0 Å². The van der Waals surface area contributed by atoms with Crippen LogP contribution in [-0.2, 0) is 4.79 Å². The molecule has 0 spiro atoms. The molecule has 0 radical (unpaired) electrons. The SMILES string of the molecule is Cc1cc(C)n(C2CN(CC(=O)N3CCC[C@H]3c3ccsc3)C2)n1. The monoisotopic (exact) mass is 344 g/mol. The molecule has 2 aliphatic rings. The molecule has 6 heteroatoms. The van der Waals surface area contributed by atoms with Gasteiger partial charge in [0.2, 0.25) is 5.91 Å². The molecule has 1 atom stereocenters. The van der Waals surface area contributed by atoms with Gasteiger partial charge in [0, 0.05) is 25.3 Å². The van der Waals surface area contributed by atoms with E-state index in [-0.39, 0.29) is 11.9 Å². The lowest BCUT2D eigenvalue weighted by atomic mass is 10.1. The summed E-state index contributed by atoms with van der Waals surface area (Å²) in [7, 11) is 0. The van der Waals surface area contributed by atoms with Crippen molar-refractivity contribution in [2.75, 3.05) is 26.2 Å². The van der Waals surface area contributed by atoms with E-state index in [0.29, 0.717) is 12.6 Å². The van der Waals surface area contributed by atoms with E-state index in [1.807, 2.05) is 6.92 Å². The maximum absolute atomic E-state index is 12.7. The van der Waals surface area contributed by atoms with E-state index < -0.39 is 0 Å². The van der Waals surface area contributed by atoms with Crippen molar-refractivity contribution < 1.29 is 4.79 Å². The third-order valence-electron chi connectivity index (χ3n) is 5.19. The molecule has 0 aliphatic carbocycles. The second kappa shape index (κ2) is 6.33.